The molecule has 0 aromatic rings. The third kappa shape index (κ3) is 2.32. The van der Waals surface area contributed by atoms with E-state index in [2.05, 4.69) is 4.90 Å². The maximum atomic E-state index is 11.6. The van der Waals surface area contributed by atoms with Crippen LogP contribution >= 0.6 is 0 Å². The van der Waals surface area contributed by atoms with Gasteiger partial charge in [0.05, 0.1) is 6.54 Å². The van der Waals surface area contributed by atoms with E-state index in [9.17, 15) is 4.79 Å². The molecule has 1 saturated carbocycles. The van der Waals surface area contributed by atoms with Crippen molar-refractivity contribution in [2.45, 2.75) is 37.8 Å². The van der Waals surface area contributed by atoms with E-state index in [0.29, 0.717) is 12.6 Å². The smallest absolute Gasteiger partial charge is 0.236 e. The van der Waals surface area contributed by atoms with Crippen LogP contribution in [-0.4, -0.2) is 54.5 Å². The highest BCUT2D eigenvalue weighted by atomic mass is 16.2. The number of likely N-dealkylation sites (N-methyl/N-ethyl adjacent to an activating group) is 1. The summed E-state index contributed by atoms with van der Waals surface area (Å²) in [4.78, 5) is 15.7. The van der Waals surface area contributed by atoms with Crippen molar-refractivity contribution in [2.24, 2.45) is 5.73 Å². The van der Waals surface area contributed by atoms with Gasteiger partial charge in [-0.05, 0) is 12.8 Å². The molecule has 0 aromatic carbocycles. The second-order valence-electron chi connectivity index (χ2n) is 4.80. The van der Waals surface area contributed by atoms with Crippen molar-refractivity contribution in [2.75, 3.05) is 26.7 Å². The third-order valence-electron chi connectivity index (χ3n) is 3.74. The van der Waals surface area contributed by atoms with Crippen molar-refractivity contribution in [3.05, 3.63) is 0 Å². The number of piperazine rings is 1. The zero-order chi connectivity index (χ0) is 10.8. The lowest BCUT2D eigenvalue weighted by Gasteiger charge is -2.41. The highest BCUT2D eigenvalue weighted by Crippen LogP contribution is 2.22. The first-order valence-corrected chi connectivity index (χ1v) is 5.92. The lowest BCUT2D eigenvalue weighted by molar-refractivity contribution is -0.135. The van der Waals surface area contributed by atoms with Gasteiger partial charge < -0.3 is 10.6 Å². The van der Waals surface area contributed by atoms with E-state index in [1.54, 1.807) is 0 Å². The molecule has 2 N–H and O–H groups in total. The highest BCUT2D eigenvalue weighted by Gasteiger charge is 2.31. The molecular weight excluding hydrogens is 190 g/mol. The number of carbonyl (C=O) groups is 1. The van der Waals surface area contributed by atoms with Gasteiger partial charge >= 0.3 is 0 Å². The summed E-state index contributed by atoms with van der Waals surface area (Å²) in [6.07, 6.45) is 4.79. The Morgan fingerprint density at radius 2 is 2.00 bits per heavy atom. The van der Waals surface area contributed by atoms with Gasteiger partial charge in [0.25, 0.3) is 0 Å². The molecule has 0 radical (unpaired) electrons. The normalized spacial score (nSPS) is 34.5. The van der Waals surface area contributed by atoms with Gasteiger partial charge in [0.2, 0.25) is 5.91 Å². The van der Waals surface area contributed by atoms with E-state index in [1.165, 1.54) is 12.8 Å². The van der Waals surface area contributed by atoms with E-state index in [-0.39, 0.29) is 11.9 Å². The molecule has 2 rings (SSSR count). The fraction of sp³-hybridized carbons (Fsp3) is 0.909. The number of nitrogens with zero attached hydrogens (tertiary/aromatic N) is 2. The Kier molecular flexibility index (Phi) is 3.26. The zero-order valence-corrected chi connectivity index (χ0v) is 9.48. The van der Waals surface area contributed by atoms with Gasteiger partial charge in [-0.15, -0.1) is 0 Å². The molecule has 1 amide bonds. The Balaban J connectivity index is 1.95. The summed E-state index contributed by atoms with van der Waals surface area (Å²) in [5.41, 5.74) is 6.12. The van der Waals surface area contributed by atoms with Crippen molar-refractivity contribution in [1.29, 1.82) is 0 Å². The first kappa shape index (κ1) is 10.9. The maximum Gasteiger partial charge on any atom is 0.236 e. The average Bonchev–Trinajstić information content (AvgIpc) is 2.23. The minimum atomic E-state index is 0.235. The molecule has 15 heavy (non-hydrogen) atoms. The summed E-state index contributed by atoms with van der Waals surface area (Å²) in [6.45, 7) is 2.40. The van der Waals surface area contributed by atoms with Crippen molar-refractivity contribution in [3.63, 3.8) is 0 Å². The van der Waals surface area contributed by atoms with Crippen LogP contribution in [-0.2, 0) is 4.79 Å². The standard InChI is InChI=1S/C11H21N3O/c1-13-6-7-14(8-11(13)15)10-5-3-2-4-9(10)12/h9-10H,2-8,12H2,1H3. The molecule has 1 aliphatic heterocycles. The monoisotopic (exact) mass is 211 g/mol. The van der Waals surface area contributed by atoms with E-state index in [0.717, 1.165) is 25.9 Å². The maximum absolute atomic E-state index is 11.6. The van der Waals surface area contributed by atoms with Crippen LogP contribution < -0.4 is 5.73 Å². The molecule has 1 saturated heterocycles. The third-order valence-corrected chi connectivity index (χ3v) is 3.74. The van der Waals surface area contributed by atoms with Gasteiger partial charge in [0, 0.05) is 32.2 Å². The summed E-state index contributed by atoms with van der Waals surface area (Å²) in [5.74, 6) is 0.235. The van der Waals surface area contributed by atoms with Gasteiger partial charge in [0.1, 0.15) is 0 Å². The Morgan fingerprint density at radius 1 is 1.27 bits per heavy atom. The lowest BCUT2D eigenvalue weighted by Crippen LogP contribution is -2.57. The molecule has 4 heteroatoms. The van der Waals surface area contributed by atoms with Gasteiger partial charge in [-0.3, -0.25) is 9.69 Å². The summed E-state index contributed by atoms with van der Waals surface area (Å²) >= 11 is 0. The number of amides is 1. The van der Waals surface area contributed by atoms with Crippen LogP contribution in [0.25, 0.3) is 0 Å². The number of carbonyl (C=O) groups excluding carboxylic acids is 1. The Hall–Kier alpha value is -0.610. The predicted molar refractivity (Wildman–Crippen MR) is 59.4 cm³/mol. The summed E-state index contributed by atoms with van der Waals surface area (Å²) in [7, 11) is 1.88. The first-order chi connectivity index (χ1) is 7.18. The van der Waals surface area contributed by atoms with E-state index in [4.69, 9.17) is 5.73 Å². The van der Waals surface area contributed by atoms with E-state index in [1.807, 2.05) is 11.9 Å². The van der Waals surface area contributed by atoms with Gasteiger partial charge in [0.15, 0.2) is 0 Å². The van der Waals surface area contributed by atoms with Crippen LogP contribution in [0.3, 0.4) is 0 Å². The van der Waals surface area contributed by atoms with Crippen molar-refractivity contribution < 1.29 is 4.79 Å². The summed E-state index contributed by atoms with van der Waals surface area (Å²) in [6, 6.07) is 0.714. The molecule has 1 heterocycles. The minimum Gasteiger partial charge on any atom is -0.343 e. The average molecular weight is 211 g/mol. The fourth-order valence-corrected chi connectivity index (χ4v) is 2.65. The molecule has 0 aromatic heterocycles. The summed E-state index contributed by atoms with van der Waals surface area (Å²) in [5, 5.41) is 0. The molecule has 1 aliphatic carbocycles. The second-order valence-corrected chi connectivity index (χ2v) is 4.80. The SMILES string of the molecule is CN1CCN(C2CCCCC2N)CC1=O. The number of rotatable bonds is 1. The van der Waals surface area contributed by atoms with Crippen LogP contribution in [0.2, 0.25) is 0 Å². The fourth-order valence-electron chi connectivity index (χ4n) is 2.65. The molecule has 0 spiro atoms. The minimum absolute atomic E-state index is 0.235. The van der Waals surface area contributed by atoms with Crippen molar-refractivity contribution in [1.82, 2.24) is 9.80 Å². The Labute approximate surface area is 91.4 Å². The predicted octanol–water partition coefficient (Wildman–Crippen LogP) is 0.0303. The Bertz CT molecular complexity index is 244. The molecule has 2 atom stereocenters. The van der Waals surface area contributed by atoms with E-state index < -0.39 is 0 Å². The molecule has 4 nitrogen and oxygen atoms in total. The molecule has 0 bridgehead atoms. The lowest BCUT2D eigenvalue weighted by atomic mass is 9.89. The summed E-state index contributed by atoms with van der Waals surface area (Å²) < 4.78 is 0. The van der Waals surface area contributed by atoms with Crippen molar-refractivity contribution in [3.8, 4) is 0 Å². The highest BCUT2D eigenvalue weighted by molar-refractivity contribution is 5.78. The van der Waals surface area contributed by atoms with Gasteiger partial charge in [-0.1, -0.05) is 12.8 Å². The van der Waals surface area contributed by atoms with Crippen LogP contribution in [0.1, 0.15) is 25.7 Å². The van der Waals surface area contributed by atoms with Gasteiger partial charge in [-0.2, -0.15) is 0 Å². The first-order valence-electron chi connectivity index (χ1n) is 5.92. The molecular formula is C11H21N3O. The van der Waals surface area contributed by atoms with E-state index >= 15 is 0 Å². The van der Waals surface area contributed by atoms with Crippen LogP contribution in [0, 0.1) is 0 Å². The quantitative estimate of drug-likeness (QED) is 0.666. The largest absolute Gasteiger partial charge is 0.343 e. The van der Waals surface area contributed by atoms with Crippen LogP contribution in [0.15, 0.2) is 0 Å². The van der Waals surface area contributed by atoms with Crippen molar-refractivity contribution >= 4 is 5.91 Å². The Morgan fingerprint density at radius 3 is 2.67 bits per heavy atom. The second kappa shape index (κ2) is 4.49. The zero-order valence-electron chi connectivity index (χ0n) is 9.48. The topological polar surface area (TPSA) is 49.6 Å². The number of hydrogen-bond donors (Lipinski definition) is 1. The molecule has 2 fully saturated rings. The van der Waals surface area contributed by atoms with Crippen LogP contribution in [0.5, 0.6) is 0 Å². The van der Waals surface area contributed by atoms with Crippen LogP contribution in [0.4, 0.5) is 0 Å². The molecule has 86 valence electrons. The molecule has 2 unspecified atom stereocenters. The van der Waals surface area contributed by atoms with Gasteiger partial charge in [-0.25, -0.2) is 0 Å². The molecule has 2 aliphatic rings. The number of nitrogens with two attached hydrogens (primary N) is 1. The number of hydrogen-bond acceptors (Lipinski definition) is 3.